The summed E-state index contributed by atoms with van der Waals surface area (Å²) in [6, 6.07) is 18.3. The number of hydrogen-bond acceptors (Lipinski definition) is 2. The van der Waals surface area contributed by atoms with E-state index in [0.717, 1.165) is 43.4 Å². The normalized spacial score (nSPS) is 15.7. The average molecular weight is 282 g/mol. The van der Waals surface area contributed by atoms with Gasteiger partial charge in [0.25, 0.3) is 0 Å². The van der Waals surface area contributed by atoms with Gasteiger partial charge in [-0.1, -0.05) is 42.5 Å². The SMILES string of the molecule is OC(CCCc1ccccc1)c1cccc(OC2CC2)c1. The predicted molar refractivity (Wildman–Crippen MR) is 84.4 cm³/mol. The maximum atomic E-state index is 10.3. The van der Waals surface area contributed by atoms with Crippen molar-refractivity contribution in [3.63, 3.8) is 0 Å². The summed E-state index contributed by atoms with van der Waals surface area (Å²) in [6.45, 7) is 0. The maximum Gasteiger partial charge on any atom is 0.120 e. The van der Waals surface area contributed by atoms with Gasteiger partial charge in [0.1, 0.15) is 5.75 Å². The Bertz CT molecular complexity index is 561. The number of aryl methyl sites for hydroxylation is 1. The van der Waals surface area contributed by atoms with E-state index < -0.39 is 6.10 Å². The standard InChI is InChI=1S/C19H22O2/c20-19(11-4-8-15-6-2-1-3-7-15)16-9-5-10-18(14-16)21-17-12-13-17/h1-3,5-7,9-10,14,17,19-20H,4,8,11-13H2. The van der Waals surface area contributed by atoms with E-state index in [9.17, 15) is 5.11 Å². The van der Waals surface area contributed by atoms with Gasteiger partial charge in [0, 0.05) is 0 Å². The summed E-state index contributed by atoms with van der Waals surface area (Å²) >= 11 is 0. The monoisotopic (exact) mass is 282 g/mol. The van der Waals surface area contributed by atoms with Crippen LogP contribution < -0.4 is 4.74 Å². The third-order valence-electron chi connectivity index (χ3n) is 3.86. The van der Waals surface area contributed by atoms with E-state index in [4.69, 9.17) is 4.74 Å². The van der Waals surface area contributed by atoms with Crippen molar-refractivity contribution in [1.82, 2.24) is 0 Å². The van der Waals surface area contributed by atoms with Crippen LogP contribution in [-0.2, 0) is 6.42 Å². The molecule has 2 aromatic rings. The molecule has 1 aliphatic rings. The van der Waals surface area contributed by atoms with Crippen molar-refractivity contribution in [2.45, 2.75) is 44.3 Å². The number of ether oxygens (including phenoxy) is 1. The number of benzene rings is 2. The Labute approximate surface area is 126 Å². The van der Waals surface area contributed by atoms with Crippen molar-refractivity contribution >= 4 is 0 Å². The van der Waals surface area contributed by atoms with Gasteiger partial charge in [0.2, 0.25) is 0 Å². The molecule has 0 bridgehead atoms. The third kappa shape index (κ3) is 4.33. The van der Waals surface area contributed by atoms with Gasteiger partial charge in [-0.2, -0.15) is 0 Å². The van der Waals surface area contributed by atoms with E-state index in [1.807, 2.05) is 30.3 Å². The van der Waals surface area contributed by atoms with Crippen LogP contribution in [0.5, 0.6) is 5.75 Å². The summed E-state index contributed by atoms with van der Waals surface area (Å²) < 4.78 is 5.78. The van der Waals surface area contributed by atoms with Crippen molar-refractivity contribution in [2.75, 3.05) is 0 Å². The molecule has 21 heavy (non-hydrogen) atoms. The zero-order chi connectivity index (χ0) is 14.5. The summed E-state index contributed by atoms with van der Waals surface area (Å²) in [5, 5.41) is 10.3. The fourth-order valence-corrected chi connectivity index (χ4v) is 2.48. The van der Waals surface area contributed by atoms with Crippen LogP contribution in [0, 0.1) is 0 Å². The molecule has 2 heteroatoms. The molecule has 1 N–H and O–H groups in total. The van der Waals surface area contributed by atoms with Crippen LogP contribution in [0.4, 0.5) is 0 Å². The number of hydrogen-bond donors (Lipinski definition) is 1. The van der Waals surface area contributed by atoms with Gasteiger partial charge in [-0.05, 0) is 55.4 Å². The second-order valence-corrected chi connectivity index (χ2v) is 5.78. The van der Waals surface area contributed by atoms with E-state index in [1.165, 1.54) is 5.56 Å². The van der Waals surface area contributed by atoms with Gasteiger partial charge in [-0.3, -0.25) is 0 Å². The zero-order valence-electron chi connectivity index (χ0n) is 12.2. The zero-order valence-corrected chi connectivity index (χ0v) is 12.2. The van der Waals surface area contributed by atoms with E-state index in [-0.39, 0.29) is 0 Å². The second-order valence-electron chi connectivity index (χ2n) is 5.78. The fourth-order valence-electron chi connectivity index (χ4n) is 2.48. The first kappa shape index (κ1) is 14.2. The largest absolute Gasteiger partial charge is 0.490 e. The van der Waals surface area contributed by atoms with Gasteiger partial charge < -0.3 is 9.84 Å². The minimum absolute atomic E-state index is 0.399. The summed E-state index contributed by atoms with van der Waals surface area (Å²) in [4.78, 5) is 0. The highest BCUT2D eigenvalue weighted by Crippen LogP contribution is 2.29. The first-order valence-corrected chi connectivity index (χ1v) is 7.80. The summed E-state index contributed by atoms with van der Waals surface area (Å²) in [7, 11) is 0. The Hall–Kier alpha value is -1.80. The molecular formula is C19H22O2. The van der Waals surface area contributed by atoms with Crippen molar-refractivity contribution in [3.05, 3.63) is 65.7 Å². The van der Waals surface area contributed by atoms with Crippen molar-refractivity contribution in [3.8, 4) is 5.75 Å². The maximum absolute atomic E-state index is 10.3. The van der Waals surface area contributed by atoms with Crippen LogP contribution in [0.2, 0.25) is 0 Å². The van der Waals surface area contributed by atoms with Crippen LogP contribution in [0.1, 0.15) is 42.9 Å². The predicted octanol–water partition coefficient (Wildman–Crippen LogP) is 4.28. The lowest BCUT2D eigenvalue weighted by molar-refractivity contribution is 0.164. The molecule has 0 aliphatic heterocycles. The quantitative estimate of drug-likeness (QED) is 0.821. The van der Waals surface area contributed by atoms with E-state index >= 15 is 0 Å². The number of rotatable bonds is 7. The van der Waals surface area contributed by atoms with Crippen LogP contribution in [0.25, 0.3) is 0 Å². The first-order valence-electron chi connectivity index (χ1n) is 7.80. The summed E-state index contributed by atoms with van der Waals surface area (Å²) in [6.07, 6.45) is 5.08. The van der Waals surface area contributed by atoms with Crippen molar-refractivity contribution < 1.29 is 9.84 Å². The highest BCUT2D eigenvalue weighted by molar-refractivity contribution is 5.30. The van der Waals surface area contributed by atoms with Crippen molar-refractivity contribution in [1.29, 1.82) is 0 Å². The van der Waals surface area contributed by atoms with Crippen LogP contribution in [0.3, 0.4) is 0 Å². The Kier molecular flexibility index (Phi) is 4.56. The molecule has 0 heterocycles. The molecule has 0 saturated heterocycles. The molecule has 2 nitrogen and oxygen atoms in total. The van der Waals surface area contributed by atoms with E-state index in [2.05, 4.69) is 24.3 Å². The van der Waals surface area contributed by atoms with Gasteiger partial charge in [-0.15, -0.1) is 0 Å². The van der Waals surface area contributed by atoms with E-state index in [0.29, 0.717) is 6.10 Å². The van der Waals surface area contributed by atoms with Crippen molar-refractivity contribution in [2.24, 2.45) is 0 Å². The lowest BCUT2D eigenvalue weighted by Gasteiger charge is -2.13. The third-order valence-corrected chi connectivity index (χ3v) is 3.86. The second kappa shape index (κ2) is 6.77. The first-order chi connectivity index (χ1) is 10.3. The van der Waals surface area contributed by atoms with Crippen LogP contribution >= 0.6 is 0 Å². The van der Waals surface area contributed by atoms with E-state index in [1.54, 1.807) is 0 Å². The molecule has 1 atom stereocenters. The van der Waals surface area contributed by atoms with Gasteiger partial charge in [-0.25, -0.2) is 0 Å². The van der Waals surface area contributed by atoms with Crippen LogP contribution in [-0.4, -0.2) is 11.2 Å². The molecule has 1 saturated carbocycles. The number of aliphatic hydroxyl groups is 1. The molecule has 0 amide bonds. The Balaban J connectivity index is 1.51. The highest BCUT2D eigenvalue weighted by atomic mass is 16.5. The van der Waals surface area contributed by atoms with Gasteiger partial charge in [0.05, 0.1) is 12.2 Å². The molecule has 1 unspecified atom stereocenters. The molecule has 1 aliphatic carbocycles. The average Bonchev–Trinajstić information content (AvgIpc) is 3.32. The highest BCUT2D eigenvalue weighted by Gasteiger charge is 2.23. The number of aliphatic hydroxyl groups excluding tert-OH is 1. The molecular weight excluding hydrogens is 260 g/mol. The minimum Gasteiger partial charge on any atom is -0.490 e. The topological polar surface area (TPSA) is 29.5 Å². The molecule has 3 rings (SSSR count). The Morgan fingerprint density at radius 2 is 1.86 bits per heavy atom. The molecule has 2 aromatic carbocycles. The van der Waals surface area contributed by atoms with Gasteiger partial charge >= 0.3 is 0 Å². The lowest BCUT2D eigenvalue weighted by Crippen LogP contribution is -2.01. The summed E-state index contributed by atoms with van der Waals surface area (Å²) in [5.41, 5.74) is 2.29. The fraction of sp³-hybridized carbons (Fsp3) is 0.368. The Morgan fingerprint density at radius 3 is 2.62 bits per heavy atom. The molecule has 0 radical (unpaired) electrons. The Morgan fingerprint density at radius 1 is 1.05 bits per heavy atom. The van der Waals surface area contributed by atoms with Crippen LogP contribution in [0.15, 0.2) is 54.6 Å². The minimum atomic E-state index is -0.406. The molecule has 110 valence electrons. The molecule has 1 fully saturated rings. The summed E-state index contributed by atoms with van der Waals surface area (Å²) in [5.74, 6) is 0.886. The molecule has 0 aromatic heterocycles. The lowest BCUT2D eigenvalue weighted by atomic mass is 10.0. The van der Waals surface area contributed by atoms with Gasteiger partial charge in [0.15, 0.2) is 0 Å². The molecule has 0 spiro atoms. The smallest absolute Gasteiger partial charge is 0.120 e.